The number of esters is 1. The lowest BCUT2D eigenvalue weighted by Gasteiger charge is -2.19. The van der Waals surface area contributed by atoms with Crippen LogP contribution < -0.4 is 0 Å². The van der Waals surface area contributed by atoms with Gasteiger partial charge in [0, 0.05) is 0 Å². The average molecular weight is 347 g/mol. The summed E-state index contributed by atoms with van der Waals surface area (Å²) in [4.78, 5) is 37.9. The first-order valence-corrected chi connectivity index (χ1v) is 8.59. The summed E-state index contributed by atoms with van der Waals surface area (Å²) in [7, 11) is 0. The lowest BCUT2D eigenvalue weighted by Crippen LogP contribution is -2.42. The molecule has 0 spiro atoms. The van der Waals surface area contributed by atoms with Gasteiger partial charge in [0.25, 0.3) is 11.1 Å². The zero-order valence-corrected chi connectivity index (χ0v) is 15.3. The normalized spacial score (nSPS) is 17.5. The van der Waals surface area contributed by atoms with Crippen LogP contribution in [-0.4, -0.2) is 34.7 Å². The van der Waals surface area contributed by atoms with Crippen molar-refractivity contribution in [1.29, 1.82) is 0 Å². The van der Waals surface area contributed by atoms with Crippen LogP contribution >= 0.6 is 11.8 Å². The number of rotatable bonds is 4. The van der Waals surface area contributed by atoms with Crippen LogP contribution in [0.15, 0.2) is 17.0 Å². The largest absolute Gasteiger partial charge is 0.464 e. The summed E-state index contributed by atoms with van der Waals surface area (Å²) in [6, 6.07) is 3.14. The van der Waals surface area contributed by atoms with Gasteiger partial charge in [0.2, 0.25) is 0 Å². The summed E-state index contributed by atoms with van der Waals surface area (Å²) in [6.07, 6.45) is 1.73. The Kier molecular flexibility index (Phi) is 5.49. The molecule has 0 aliphatic carbocycles. The molecule has 0 unspecified atom stereocenters. The highest BCUT2D eigenvalue weighted by atomic mass is 32.2. The molecule has 1 saturated heterocycles. The molecule has 0 N–H and O–H groups in total. The zero-order chi connectivity index (χ0) is 18.0. The van der Waals surface area contributed by atoms with E-state index in [1.54, 1.807) is 13.0 Å². The maximum atomic E-state index is 12.6. The number of ether oxygens (including phenoxy) is 1. The molecule has 1 aromatic rings. The number of benzene rings is 1. The van der Waals surface area contributed by atoms with Crippen LogP contribution in [0, 0.1) is 20.8 Å². The summed E-state index contributed by atoms with van der Waals surface area (Å²) in [5.41, 5.74) is 4.15. The van der Waals surface area contributed by atoms with Gasteiger partial charge in [0.05, 0.1) is 11.5 Å². The highest BCUT2D eigenvalue weighted by Crippen LogP contribution is 2.35. The molecule has 6 heteroatoms. The summed E-state index contributed by atoms with van der Waals surface area (Å²) in [6.45, 7) is 9.34. The van der Waals surface area contributed by atoms with E-state index in [1.165, 1.54) is 6.92 Å². The lowest BCUT2D eigenvalue weighted by atomic mass is 9.99. The highest BCUT2D eigenvalue weighted by Gasteiger charge is 2.41. The van der Waals surface area contributed by atoms with Gasteiger partial charge in [-0.1, -0.05) is 17.7 Å². The first-order chi connectivity index (χ1) is 11.3. The fraction of sp³-hybridized carbons (Fsp3) is 0.389. The molecule has 1 aliphatic heterocycles. The van der Waals surface area contributed by atoms with Crippen molar-refractivity contribution >= 4 is 35.0 Å². The van der Waals surface area contributed by atoms with E-state index in [0.717, 1.165) is 38.9 Å². The number of amides is 2. The second-order valence-corrected chi connectivity index (χ2v) is 6.79. The van der Waals surface area contributed by atoms with Crippen LogP contribution in [0.3, 0.4) is 0 Å². The van der Waals surface area contributed by atoms with Crippen molar-refractivity contribution in [1.82, 2.24) is 4.90 Å². The van der Waals surface area contributed by atoms with Gasteiger partial charge >= 0.3 is 5.97 Å². The monoisotopic (exact) mass is 347 g/mol. The van der Waals surface area contributed by atoms with Crippen LogP contribution in [0.5, 0.6) is 0 Å². The lowest BCUT2D eigenvalue weighted by molar-refractivity contribution is -0.150. The Morgan fingerprint density at radius 2 is 1.83 bits per heavy atom. The smallest absolute Gasteiger partial charge is 0.329 e. The predicted octanol–water partition coefficient (Wildman–Crippen LogP) is 3.60. The van der Waals surface area contributed by atoms with Crippen molar-refractivity contribution in [2.24, 2.45) is 0 Å². The molecule has 1 fully saturated rings. The van der Waals surface area contributed by atoms with E-state index in [0.29, 0.717) is 4.91 Å². The second-order valence-electron chi connectivity index (χ2n) is 5.79. The predicted molar refractivity (Wildman–Crippen MR) is 94.6 cm³/mol. The molecular weight excluding hydrogens is 326 g/mol. The van der Waals surface area contributed by atoms with Crippen molar-refractivity contribution in [2.75, 3.05) is 6.61 Å². The molecule has 2 amide bonds. The fourth-order valence-electron chi connectivity index (χ4n) is 2.73. The van der Waals surface area contributed by atoms with Gasteiger partial charge in [0.1, 0.15) is 6.04 Å². The molecule has 0 bridgehead atoms. The first-order valence-electron chi connectivity index (χ1n) is 7.77. The van der Waals surface area contributed by atoms with Gasteiger partial charge in [-0.25, -0.2) is 4.79 Å². The first kappa shape index (κ1) is 18.3. The van der Waals surface area contributed by atoms with Crippen molar-refractivity contribution in [3.05, 3.63) is 39.3 Å². The summed E-state index contributed by atoms with van der Waals surface area (Å²) >= 11 is 0.853. The molecular formula is C18H21NO4S. The highest BCUT2D eigenvalue weighted by molar-refractivity contribution is 8.18. The molecule has 128 valence electrons. The van der Waals surface area contributed by atoms with Gasteiger partial charge in [0.15, 0.2) is 0 Å². The molecule has 5 nitrogen and oxygen atoms in total. The van der Waals surface area contributed by atoms with E-state index >= 15 is 0 Å². The van der Waals surface area contributed by atoms with Crippen LogP contribution in [0.2, 0.25) is 0 Å². The molecule has 24 heavy (non-hydrogen) atoms. The number of hydrogen-bond donors (Lipinski definition) is 0. The topological polar surface area (TPSA) is 63.7 Å². The fourth-order valence-corrected chi connectivity index (χ4v) is 3.62. The van der Waals surface area contributed by atoms with Gasteiger partial charge in [-0.3, -0.25) is 14.5 Å². The number of carbonyl (C=O) groups is 3. The Balaban J connectivity index is 2.34. The van der Waals surface area contributed by atoms with Crippen molar-refractivity contribution in [3.63, 3.8) is 0 Å². The molecule has 1 heterocycles. The van der Waals surface area contributed by atoms with Crippen LogP contribution in [0.25, 0.3) is 6.08 Å². The second kappa shape index (κ2) is 7.21. The Morgan fingerprint density at radius 1 is 1.25 bits per heavy atom. The number of nitrogens with zero attached hydrogens (tertiary/aromatic N) is 1. The van der Waals surface area contributed by atoms with E-state index < -0.39 is 23.2 Å². The number of imide groups is 1. The molecule has 2 rings (SSSR count). The van der Waals surface area contributed by atoms with Crippen LogP contribution in [0.1, 0.15) is 36.1 Å². The maximum absolute atomic E-state index is 12.6. The minimum Gasteiger partial charge on any atom is -0.464 e. The Bertz CT molecular complexity index is 716. The van der Waals surface area contributed by atoms with Gasteiger partial charge < -0.3 is 4.74 Å². The van der Waals surface area contributed by atoms with Crippen LogP contribution in [0.4, 0.5) is 4.79 Å². The number of hydrogen-bond acceptors (Lipinski definition) is 5. The minimum atomic E-state index is -0.927. The van der Waals surface area contributed by atoms with E-state index in [1.807, 2.05) is 32.9 Å². The summed E-state index contributed by atoms with van der Waals surface area (Å²) < 4.78 is 4.90. The maximum Gasteiger partial charge on any atom is 0.329 e. The van der Waals surface area contributed by atoms with Crippen molar-refractivity contribution < 1.29 is 19.1 Å². The number of carbonyl (C=O) groups excluding carboxylic acids is 3. The third-order valence-electron chi connectivity index (χ3n) is 3.85. The quantitative estimate of drug-likeness (QED) is 0.615. The minimum absolute atomic E-state index is 0.205. The number of thioether (sulfide) groups is 1. The molecule has 0 radical (unpaired) electrons. The third kappa shape index (κ3) is 3.53. The molecule has 1 atom stereocenters. The Hall–Kier alpha value is -2.08. The van der Waals surface area contributed by atoms with Gasteiger partial charge in [-0.05, 0) is 69.1 Å². The van der Waals surface area contributed by atoms with Crippen LogP contribution in [-0.2, 0) is 14.3 Å². The van der Waals surface area contributed by atoms with Crippen molar-refractivity contribution in [2.45, 2.75) is 40.7 Å². The number of aryl methyl sites for hydroxylation is 3. The summed E-state index contributed by atoms with van der Waals surface area (Å²) in [5, 5.41) is -0.450. The van der Waals surface area contributed by atoms with Gasteiger partial charge in [-0.15, -0.1) is 0 Å². The Labute approximate surface area is 146 Å². The zero-order valence-electron chi connectivity index (χ0n) is 14.5. The molecule has 0 aromatic heterocycles. The summed E-state index contributed by atoms with van der Waals surface area (Å²) in [5.74, 6) is -1.03. The van der Waals surface area contributed by atoms with E-state index in [4.69, 9.17) is 4.74 Å². The average Bonchev–Trinajstić information content (AvgIpc) is 2.76. The Morgan fingerprint density at radius 3 is 2.38 bits per heavy atom. The molecule has 0 saturated carbocycles. The van der Waals surface area contributed by atoms with Crippen molar-refractivity contribution in [3.8, 4) is 0 Å². The van der Waals surface area contributed by atoms with Gasteiger partial charge in [-0.2, -0.15) is 0 Å². The SMILES string of the molecule is CCOC(=O)[C@H](C)N1C(=O)S/C(=C/c2c(C)cc(C)cc2C)C1=O. The van der Waals surface area contributed by atoms with E-state index in [9.17, 15) is 14.4 Å². The molecule has 1 aromatic carbocycles. The van der Waals surface area contributed by atoms with E-state index in [-0.39, 0.29) is 6.61 Å². The third-order valence-corrected chi connectivity index (χ3v) is 4.74. The molecule has 1 aliphatic rings. The standard InChI is InChI=1S/C18H21NO4S/c1-6-23-17(21)13(5)19-16(20)15(24-18(19)22)9-14-11(3)7-10(2)8-12(14)4/h7-9,13H,6H2,1-5H3/b15-9+/t13-/m0/s1. The van der Waals surface area contributed by atoms with E-state index in [2.05, 4.69) is 0 Å².